The van der Waals surface area contributed by atoms with Crippen LogP contribution in [0.15, 0.2) is 36.4 Å². The molecule has 1 aliphatic heterocycles. The van der Waals surface area contributed by atoms with Gasteiger partial charge in [-0.3, -0.25) is 0 Å². The quantitative estimate of drug-likeness (QED) is 0.218. The zero-order chi connectivity index (χ0) is 27.5. The summed E-state index contributed by atoms with van der Waals surface area (Å²) in [5.74, 6) is 2.25. The van der Waals surface area contributed by atoms with Gasteiger partial charge in [-0.05, 0) is 77.3 Å². The highest BCUT2D eigenvalue weighted by Gasteiger charge is 2.43. The van der Waals surface area contributed by atoms with Crippen LogP contribution < -0.4 is 4.74 Å². The number of allylic oxidation sites excluding steroid dienone is 1. The van der Waals surface area contributed by atoms with Crippen molar-refractivity contribution in [3.05, 3.63) is 42.0 Å². The van der Waals surface area contributed by atoms with Crippen molar-refractivity contribution < 1.29 is 42.7 Å². The first-order valence-electron chi connectivity index (χ1n) is 13.7. The fourth-order valence-electron chi connectivity index (χ4n) is 4.55. The van der Waals surface area contributed by atoms with E-state index in [1.165, 1.54) is 38.5 Å². The van der Waals surface area contributed by atoms with Crippen LogP contribution in [0, 0.1) is 11.8 Å². The van der Waals surface area contributed by atoms with Crippen molar-refractivity contribution in [2.45, 2.75) is 104 Å². The molecule has 0 bridgehead atoms. The average molecular weight is 535 g/mol. The van der Waals surface area contributed by atoms with Gasteiger partial charge in [0.2, 0.25) is 0 Å². The summed E-state index contributed by atoms with van der Waals surface area (Å²) in [7, 11) is 0. The Kier molecular flexibility index (Phi) is 11.7. The summed E-state index contributed by atoms with van der Waals surface area (Å²) in [6.45, 7) is 9.49. The second kappa shape index (κ2) is 15.0. The lowest BCUT2D eigenvalue weighted by Gasteiger charge is -2.26. The third-order valence-corrected chi connectivity index (χ3v) is 6.32. The van der Waals surface area contributed by atoms with E-state index in [1.807, 2.05) is 0 Å². The molecule has 0 N–H and O–H groups in total. The molecule has 1 saturated heterocycles. The smallest absolute Gasteiger partial charge is 0.490 e. The number of ether oxygens (including phenoxy) is 7. The van der Waals surface area contributed by atoms with Crippen LogP contribution in [-0.4, -0.2) is 43.7 Å². The zero-order valence-electron chi connectivity index (χ0n) is 23.1. The van der Waals surface area contributed by atoms with Crippen LogP contribution in [0.2, 0.25) is 0 Å². The van der Waals surface area contributed by atoms with Crippen LogP contribution in [0.5, 0.6) is 5.75 Å². The standard InChI is InChI=1S/C29H42O9/c1-6-8-21-10-12-22(13-11-21)9-7-18-32-24-16-14-23(15-17-24)25-35-26(37-28(30)33-19(2)3)27(36-25)38-29(31)34-20(4)5/h7,9,14-17,19-22,25-27H,6,8,10-13,18H2,1-5H3/b9-7+/t21-,22-,26-,27-/m1/s1. The maximum Gasteiger partial charge on any atom is 0.511 e. The molecule has 2 atom stereocenters. The van der Waals surface area contributed by atoms with Crippen molar-refractivity contribution in [1.82, 2.24) is 0 Å². The Morgan fingerprint density at radius 1 is 0.895 bits per heavy atom. The van der Waals surface area contributed by atoms with E-state index >= 15 is 0 Å². The van der Waals surface area contributed by atoms with Crippen molar-refractivity contribution in [2.75, 3.05) is 6.61 Å². The van der Waals surface area contributed by atoms with Gasteiger partial charge in [-0.1, -0.05) is 44.1 Å². The normalized spacial score (nSPS) is 24.1. The first-order chi connectivity index (χ1) is 18.2. The van der Waals surface area contributed by atoms with Crippen LogP contribution in [0.3, 0.4) is 0 Å². The summed E-state index contributed by atoms with van der Waals surface area (Å²) in [4.78, 5) is 24.0. The van der Waals surface area contributed by atoms with Gasteiger partial charge in [0.1, 0.15) is 12.4 Å². The first-order valence-corrected chi connectivity index (χ1v) is 13.7. The number of rotatable bonds is 11. The highest BCUT2D eigenvalue weighted by molar-refractivity contribution is 5.61. The molecule has 38 heavy (non-hydrogen) atoms. The molecule has 212 valence electrons. The predicted molar refractivity (Wildman–Crippen MR) is 139 cm³/mol. The van der Waals surface area contributed by atoms with Gasteiger partial charge in [-0.15, -0.1) is 0 Å². The Hall–Kier alpha value is -2.78. The van der Waals surface area contributed by atoms with Crippen LogP contribution >= 0.6 is 0 Å². The number of carbonyl (C=O) groups is 2. The number of benzene rings is 1. The molecule has 0 radical (unpaired) electrons. The first kappa shape index (κ1) is 29.8. The average Bonchev–Trinajstić information content (AvgIpc) is 3.24. The van der Waals surface area contributed by atoms with E-state index < -0.39 is 43.4 Å². The van der Waals surface area contributed by atoms with Gasteiger partial charge in [0.25, 0.3) is 12.6 Å². The summed E-state index contributed by atoms with van der Waals surface area (Å²) in [5.41, 5.74) is 0.630. The highest BCUT2D eigenvalue weighted by Crippen LogP contribution is 2.34. The highest BCUT2D eigenvalue weighted by atomic mass is 16.9. The van der Waals surface area contributed by atoms with Crippen LogP contribution in [0.4, 0.5) is 9.59 Å². The van der Waals surface area contributed by atoms with E-state index in [-0.39, 0.29) is 0 Å². The lowest BCUT2D eigenvalue weighted by atomic mass is 9.80. The van der Waals surface area contributed by atoms with Crippen LogP contribution in [-0.2, 0) is 28.4 Å². The van der Waals surface area contributed by atoms with Crippen molar-refractivity contribution in [3.8, 4) is 5.75 Å². The molecule has 1 aromatic carbocycles. The summed E-state index contributed by atoms with van der Waals surface area (Å²) >= 11 is 0. The van der Waals surface area contributed by atoms with Gasteiger partial charge in [0.15, 0.2) is 6.29 Å². The van der Waals surface area contributed by atoms with E-state index in [0.29, 0.717) is 23.8 Å². The molecular weight excluding hydrogens is 492 g/mol. The monoisotopic (exact) mass is 534 g/mol. The second-order valence-corrected chi connectivity index (χ2v) is 10.3. The van der Waals surface area contributed by atoms with Gasteiger partial charge in [0.05, 0.1) is 12.2 Å². The molecule has 0 amide bonds. The predicted octanol–water partition coefficient (Wildman–Crippen LogP) is 7.05. The molecule has 3 rings (SSSR count). The van der Waals surface area contributed by atoms with E-state index in [9.17, 15) is 9.59 Å². The van der Waals surface area contributed by atoms with Crippen molar-refractivity contribution >= 4 is 12.3 Å². The molecule has 1 aromatic rings. The van der Waals surface area contributed by atoms with Crippen molar-refractivity contribution in [3.63, 3.8) is 0 Å². The van der Waals surface area contributed by atoms with E-state index in [1.54, 1.807) is 52.0 Å². The molecule has 2 aliphatic rings. The molecule has 1 heterocycles. The lowest BCUT2D eigenvalue weighted by molar-refractivity contribution is -0.163. The fraction of sp³-hybridized carbons (Fsp3) is 0.655. The SMILES string of the molecule is CCC[C@H]1CC[C@H](/C=C/COc2ccc(C3O[C@H](OC(=O)OC(C)C)[C@@H](OC(=O)OC(C)C)O3)cc2)CC1. The third-order valence-electron chi connectivity index (χ3n) is 6.32. The van der Waals surface area contributed by atoms with Gasteiger partial charge in [-0.2, -0.15) is 0 Å². The molecule has 0 spiro atoms. The van der Waals surface area contributed by atoms with Crippen molar-refractivity contribution in [1.29, 1.82) is 0 Å². The minimum absolute atomic E-state index is 0.394. The van der Waals surface area contributed by atoms with Crippen LogP contribution in [0.25, 0.3) is 0 Å². The third kappa shape index (κ3) is 9.83. The largest absolute Gasteiger partial charge is 0.511 e. The van der Waals surface area contributed by atoms with Gasteiger partial charge >= 0.3 is 12.3 Å². The minimum atomic E-state index is -1.33. The van der Waals surface area contributed by atoms with Gasteiger partial charge in [-0.25, -0.2) is 9.59 Å². The van der Waals surface area contributed by atoms with Crippen molar-refractivity contribution in [2.24, 2.45) is 11.8 Å². The van der Waals surface area contributed by atoms with Crippen LogP contribution in [0.1, 0.15) is 85.0 Å². The maximum atomic E-state index is 12.0. The molecule has 0 unspecified atom stereocenters. The molecule has 9 nitrogen and oxygen atoms in total. The Morgan fingerprint density at radius 2 is 1.45 bits per heavy atom. The Balaban J connectivity index is 1.51. The fourth-order valence-corrected chi connectivity index (χ4v) is 4.55. The minimum Gasteiger partial charge on any atom is -0.490 e. The molecule has 0 aromatic heterocycles. The number of carbonyl (C=O) groups excluding carboxylic acids is 2. The molecule has 1 saturated carbocycles. The summed E-state index contributed by atoms with van der Waals surface area (Å²) in [5, 5.41) is 0. The summed E-state index contributed by atoms with van der Waals surface area (Å²) in [6, 6.07) is 7.15. The Morgan fingerprint density at radius 3 is 1.95 bits per heavy atom. The van der Waals surface area contributed by atoms with E-state index in [4.69, 9.17) is 33.2 Å². The Labute approximate surface area is 225 Å². The zero-order valence-corrected chi connectivity index (χ0v) is 23.1. The summed E-state index contributed by atoms with van der Waals surface area (Å²) in [6.07, 6.45) is 5.85. The topological polar surface area (TPSA) is 98.8 Å². The molecule has 2 fully saturated rings. The van der Waals surface area contributed by atoms with Gasteiger partial charge in [0, 0.05) is 5.56 Å². The van der Waals surface area contributed by atoms with E-state index in [0.717, 1.165) is 5.92 Å². The lowest BCUT2D eigenvalue weighted by Crippen LogP contribution is -2.34. The molecular formula is C29H42O9. The van der Waals surface area contributed by atoms with E-state index in [2.05, 4.69) is 19.1 Å². The Bertz CT molecular complexity index is 856. The maximum absolute atomic E-state index is 12.0. The second-order valence-electron chi connectivity index (χ2n) is 10.3. The number of hydrogen-bond acceptors (Lipinski definition) is 9. The number of hydrogen-bond donors (Lipinski definition) is 0. The molecule has 1 aliphatic carbocycles. The summed E-state index contributed by atoms with van der Waals surface area (Å²) < 4.78 is 37.6. The molecule has 9 heteroatoms. The van der Waals surface area contributed by atoms with Gasteiger partial charge < -0.3 is 33.2 Å².